The van der Waals surface area contributed by atoms with Gasteiger partial charge in [0.25, 0.3) is 0 Å². The minimum absolute atomic E-state index is 0.0220. The fourth-order valence-corrected chi connectivity index (χ4v) is 4.45. The second kappa shape index (κ2) is 5.23. The molecule has 1 saturated heterocycles. The first-order chi connectivity index (χ1) is 9.24. The highest BCUT2D eigenvalue weighted by Gasteiger charge is 2.40. The van der Waals surface area contributed by atoms with E-state index in [-0.39, 0.29) is 17.1 Å². The lowest BCUT2D eigenvalue weighted by Crippen LogP contribution is -2.39. The monoisotopic (exact) mass is 292 g/mol. The van der Waals surface area contributed by atoms with Crippen LogP contribution in [0.5, 0.6) is 0 Å². The molecular weight excluding hydrogens is 272 g/mol. The van der Waals surface area contributed by atoms with Crippen LogP contribution in [0.2, 0.25) is 0 Å². The van der Waals surface area contributed by atoms with Crippen LogP contribution in [0.25, 0.3) is 0 Å². The molecule has 3 nitrogen and oxygen atoms in total. The van der Waals surface area contributed by atoms with E-state index in [4.69, 9.17) is 11.2 Å². The van der Waals surface area contributed by atoms with Gasteiger partial charge in [-0.1, -0.05) is 38.8 Å². The third-order valence-electron chi connectivity index (χ3n) is 3.78. The van der Waals surface area contributed by atoms with Gasteiger partial charge in [0.1, 0.15) is 0 Å². The lowest BCUT2D eigenvalue weighted by Gasteiger charge is -2.36. The molecule has 0 aromatic heterocycles. The smallest absolute Gasteiger partial charge is 0.183 e. The number of terminal acetylenes is 1. The van der Waals surface area contributed by atoms with E-state index >= 15 is 0 Å². The maximum atomic E-state index is 12.4. The number of benzene rings is 1. The fraction of sp³-hybridized carbons (Fsp3) is 0.500. The Kier molecular flexibility index (Phi) is 3.95. The van der Waals surface area contributed by atoms with Crippen molar-refractivity contribution >= 4 is 9.84 Å². The Labute approximate surface area is 121 Å². The molecule has 1 heterocycles. The van der Waals surface area contributed by atoms with Crippen LogP contribution in [-0.2, 0) is 14.6 Å². The van der Waals surface area contributed by atoms with Crippen LogP contribution in [0.4, 0.5) is 0 Å². The number of hydrogen-bond donors (Lipinski definition) is 0. The number of rotatable bonds is 1. The molecular formula is C16H20O3S. The number of sulfone groups is 1. The van der Waals surface area contributed by atoms with E-state index in [1.165, 1.54) is 0 Å². The first-order valence-electron chi connectivity index (χ1n) is 6.64. The Morgan fingerprint density at radius 3 is 2.30 bits per heavy atom. The summed E-state index contributed by atoms with van der Waals surface area (Å²) in [5.41, 5.74) is 0.435. The standard InChI is InChI=1S/C16H20O3S/c1-5-12-6-8-13(9-7-12)15-19-10-14(16(2,3)4)11-20(15,17)18/h1,6-9,14-15H,10-11H2,2-4H3/t14-,15-/m0/s1. The van der Waals surface area contributed by atoms with Gasteiger partial charge in [-0.05, 0) is 23.1 Å². The van der Waals surface area contributed by atoms with Gasteiger partial charge >= 0.3 is 0 Å². The topological polar surface area (TPSA) is 43.4 Å². The highest BCUT2D eigenvalue weighted by molar-refractivity contribution is 7.91. The highest BCUT2D eigenvalue weighted by atomic mass is 32.2. The van der Waals surface area contributed by atoms with Crippen molar-refractivity contribution in [3.05, 3.63) is 35.4 Å². The second-order valence-corrected chi connectivity index (χ2v) is 8.41. The van der Waals surface area contributed by atoms with E-state index in [0.717, 1.165) is 5.56 Å². The summed E-state index contributed by atoms with van der Waals surface area (Å²) in [5.74, 6) is 2.70. The van der Waals surface area contributed by atoms with Crippen LogP contribution < -0.4 is 0 Å². The largest absolute Gasteiger partial charge is 0.357 e. The third kappa shape index (κ3) is 3.05. The zero-order valence-electron chi connectivity index (χ0n) is 12.1. The summed E-state index contributed by atoms with van der Waals surface area (Å²) in [6.07, 6.45) is 5.30. The molecule has 0 aliphatic carbocycles. The Bertz CT molecular complexity index is 615. The lowest BCUT2D eigenvalue weighted by molar-refractivity contribution is 0.0311. The molecule has 1 aromatic carbocycles. The van der Waals surface area contributed by atoms with Gasteiger partial charge in [-0.15, -0.1) is 6.42 Å². The molecule has 0 N–H and O–H groups in total. The van der Waals surface area contributed by atoms with E-state index in [9.17, 15) is 8.42 Å². The van der Waals surface area contributed by atoms with Gasteiger partial charge in [-0.2, -0.15) is 0 Å². The molecule has 4 heteroatoms. The zero-order valence-corrected chi connectivity index (χ0v) is 12.9. The summed E-state index contributed by atoms with van der Waals surface area (Å²) >= 11 is 0. The molecule has 1 aromatic rings. The Hall–Kier alpha value is -1.31. The van der Waals surface area contributed by atoms with Crippen molar-refractivity contribution in [1.29, 1.82) is 0 Å². The second-order valence-electron chi connectivity index (χ2n) is 6.32. The SMILES string of the molecule is C#Cc1ccc([C@H]2OC[C@H](C(C)(C)C)CS2(=O)=O)cc1. The average molecular weight is 292 g/mol. The van der Waals surface area contributed by atoms with E-state index in [1.54, 1.807) is 24.3 Å². The van der Waals surface area contributed by atoms with Crippen LogP contribution in [0.1, 0.15) is 37.3 Å². The molecule has 108 valence electrons. The van der Waals surface area contributed by atoms with E-state index in [2.05, 4.69) is 5.92 Å². The molecule has 20 heavy (non-hydrogen) atoms. The van der Waals surface area contributed by atoms with Crippen LogP contribution in [-0.4, -0.2) is 20.8 Å². The van der Waals surface area contributed by atoms with Gasteiger partial charge < -0.3 is 4.74 Å². The maximum absolute atomic E-state index is 12.4. The van der Waals surface area contributed by atoms with Crippen molar-refractivity contribution in [3.63, 3.8) is 0 Å². The van der Waals surface area contributed by atoms with Crippen LogP contribution in [0.3, 0.4) is 0 Å². The predicted octanol–water partition coefficient (Wildman–Crippen LogP) is 2.77. The molecule has 0 saturated carbocycles. The summed E-state index contributed by atoms with van der Waals surface area (Å²) in [6.45, 7) is 6.58. The van der Waals surface area contributed by atoms with Crippen molar-refractivity contribution < 1.29 is 13.2 Å². The first-order valence-corrected chi connectivity index (χ1v) is 8.35. The van der Waals surface area contributed by atoms with Crippen LogP contribution >= 0.6 is 0 Å². The Balaban J connectivity index is 2.25. The van der Waals surface area contributed by atoms with E-state index < -0.39 is 15.3 Å². The van der Waals surface area contributed by atoms with Crippen molar-refractivity contribution in [2.45, 2.75) is 26.2 Å². The van der Waals surface area contributed by atoms with Crippen molar-refractivity contribution in [2.75, 3.05) is 12.4 Å². The molecule has 1 aliphatic rings. The highest BCUT2D eigenvalue weighted by Crippen LogP contribution is 2.37. The van der Waals surface area contributed by atoms with Gasteiger partial charge in [-0.3, -0.25) is 0 Å². The first kappa shape index (κ1) is 15.1. The van der Waals surface area contributed by atoms with Gasteiger partial charge in [-0.25, -0.2) is 8.42 Å². The Morgan fingerprint density at radius 1 is 1.25 bits per heavy atom. The van der Waals surface area contributed by atoms with Crippen molar-refractivity contribution in [2.24, 2.45) is 11.3 Å². The van der Waals surface area contributed by atoms with Crippen molar-refractivity contribution in [1.82, 2.24) is 0 Å². The number of hydrogen-bond acceptors (Lipinski definition) is 3. The fourth-order valence-electron chi connectivity index (χ4n) is 2.26. The van der Waals surface area contributed by atoms with Crippen LogP contribution in [0, 0.1) is 23.7 Å². The minimum atomic E-state index is -3.30. The third-order valence-corrected chi connectivity index (χ3v) is 5.71. The molecule has 0 bridgehead atoms. The van der Waals surface area contributed by atoms with Crippen molar-refractivity contribution in [3.8, 4) is 12.3 Å². The lowest BCUT2D eigenvalue weighted by atomic mass is 9.82. The predicted molar refractivity (Wildman–Crippen MR) is 79.8 cm³/mol. The molecule has 0 amide bonds. The normalized spacial score (nSPS) is 25.9. The zero-order chi connectivity index (χ0) is 15.0. The summed E-state index contributed by atoms with van der Waals surface area (Å²) < 4.78 is 30.5. The average Bonchev–Trinajstić information content (AvgIpc) is 2.37. The summed E-state index contributed by atoms with van der Waals surface area (Å²) in [4.78, 5) is 0. The molecule has 2 atom stereocenters. The molecule has 0 radical (unpaired) electrons. The molecule has 0 spiro atoms. The van der Waals surface area contributed by atoms with Gasteiger partial charge in [0.05, 0.1) is 12.4 Å². The number of ether oxygens (including phenoxy) is 1. The van der Waals surface area contributed by atoms with Gasteiger partial charge in [0.15, 0.2) is 15.3 Å². The summed E-state index contributed by atoms with van der Waals surface area (Å²) in [7, 11) is -3.30. The van der Waals surface area contributed by atoms with Gasteiger partial charge in [0.2, 0.25) is 0 Å². The summed E-state index contributed by atoms with van der Waals surface area (Å²) in [6, 6.07) is 6.94. The van der Waals surface area contributed by atoms with Crippen LogP contribution in [0.15, 0.2) is 24.3 Å². The van der Waals surface area contributed by atoms with Gasteiger partial charge in [0, 0.05) is 11.5 Å². The summed E-state index contributed by atoms with van der Waals surface area (Å²) in [5, 5.41) is 0. The quantitative estimate of drug-likeness (QED) is 0.748. The molecule has 2 rings (SSSR count). The maximum Gasteiger partial charge on any atom is 0.183 e. The molecule has 1 fully saturated rings. The van der Waals surface area contributed by atoms with E-state index in [1.807, 2.05) is 20.8 Å². The minimum Gasteiger partial charge on any atom is -0.357 e. The Morgan fingerprint density at radius 2 is 1.85 bits per heavy atom. The molecule has 0 unspecified atom stereocenters. The molecule has 1 aliphatic heterocycles. The van der Waals surface area contributed by atoms with E-state index in [0.29, 0.717) is 12.2 Å².